The molecule has 3 aromatic rings. The highest BCUT2D eigenvalue weighted by Gasteiger charge is 2.10. The Balaban J connectivity index is 1.96. The Morgan fingerprint density at radius 1 is 1.22 bits per heavy atom. The van der Waals surface area contributed by atoms with E-state index in [1.54, 1.807) is 16.8 Å². The molecule has 23 heavy (non-hydrogen) atoms. The lowest BCUT2D eigenvalue weighted by atomic mass is 10.1. The van der Waals surface area contributed by atoms with Crippen molar-refractivity contribution < 1.29 is 0 Å². The van der Waals surface area contributed by atoms with Crippen molar-refractivity contribution in [2.45, 2.75) is 6.54 Å². The van der Waals surface area contributed by atoms with Gasteiger partial charge in [-0.15, -0.1) is 5.10 Å². The third-order valence-corrected chi connectivity index (χ3v) is 3.54. The third kappa shape index (κ3) is 3.64. The summed E-state index contributed by atoms with van der Waals surface area (Å²) in [6.45, 7) is 0.414. The Morgan fingerprint density at radius 2 is 1.96 bits per heavy atom. The van der Waals surface area contributed by atoms with Crippen LogP contribution in [0.5, 0.6) is 0 Å². The number of nitrogens with two attached hydrogens (primary N) is 1. The summed E-state index contributed by atoms with van der Waals surface area (Å²) in [5.41, 5.74) is 11.4. The Morgan fingerprint density at radius 3 is 2.70 bits per heavy atom. The lowest BCUT2D eigenvalue weighted by Gasteiger charge is -2.08. The number of para-hydroxylation sites is 1. The van der Waals surface area contributed by atoms with Gasteiger partial charge in [0.1, 0.15) is 5.52 Å². The number of hydrogen-bond acceptors (Lipinski definition) is 4. The molecule has 3 rings (SSSR count). The number of rotatable bonds is 4. The molecule has 2 aromatic carbocycles. The average Bonchev–Trinajstić information content (AvgIpc) is 2.95. The molecule has 0 spiro atoms. The minimum absolute atomic E-state index is 0.0971. The second kappa shape index (κ2) is 6.72. The van der Waals surface area contributed by atoms with E-state index in [4.69, 9.17) is 29.6 Å². The van der Waals surface area contributed by atoms with Gasteiger partial charge in [0.05, 0.1) is 17.8 Å². The van der Waals surface area contributed by atoms with Crippen LogP contribution in [0, 0.1) is 0 Å². The van der Waals surface area contributed by atoms with Crippen LogP contribution in [0.2, 0.25) is 5.02 Å². The monoisotopic (exact) mass is 344 g/mol. The van der Waals surface area contributed by atoms with Crippen LogP contribution in [-0.2, 0) is 6.54 Å². The van der Waals surface area contributed by atoms with Crippen LogP contribution in [0.4, 0.5) is 0 Å². The molecule has 0 saturated heterocycles. The third-order valence-electron chi connectivity index (χ3n) is 3.20. The fourth-order valence-electron chi connectivity index (χ4n) is 2.13. The lowest BCUT2D eigenvalue weighted by Crippen LogP contribution is -2.27. The number of thiocarbonyl (C=S) groups is 1. The minimum atomic E-state index is 0.0971. The molecule has 0 aliphatic heterocycles. The summed E-state index contributed by atoms with van der Waals surface area (Å²) in [6, 6.07) is 15.1. The van der Waals surface area contributed by atoms with Crippen LogP contribution in [0.1, 0.15) is 5.56 Å². The number of fused-ring (bicyclic) bond motifs is 1. The van der Waals surface area contributed by atoms with E-state index in [0.29, 0.717) is 17.3 Å². The van der Waals surface area contributed by atoms with Gasteiger partial charge in [0, 0.05) is 5.02 Å². The molecule has 1 heterocycles. The summed E-state index contributed by atoms with van der Waals surface area (Å²) in [6.07, 6.45) is 0. The van der Waals surface area contributed by atoms with Gasteiger partial charge in [-0.1, -0.05) is 41.1 Å². The highest BCUT2D eigenvalue weighted by Crippen LogP contribution is 2.14. The van der Waals surface area contributed by atoms with E-state index in [2.05, 4.69) is 20.8 Å². The first-order valence-corrected chi connectivity index (χ1v) is 7.58. The van der Waals surface area contributed by atoms with E-state index in [1.165, 1.54) is 0 Å². The Labute approximate surface area is 142 Å². The predicted molar refractivity (Wildman–Crippen MR) is 95.4 cm³/mol. The van der Waals surface area contributed by atoms with Crippen molar-refractivity contribution in [3.8, 4) is 0 Å². The van der Waals surface area contributed by atoms with Crippen molar-refractivity contribution in [3.05, 3.63) is 59.1 Å². The standard InChI is InChI=1S/C15H13ClN6S/c16-11-7-5-10(6-8-11)13(18-20-15(17)23)9-22-14-4-2-1-3-12(14)19-21-22/h1-8H,9H2,(H3,17,20,23). The maximum Gasteiger partial charge on any atom is 0.184 e. The van der Waals surface area contributed by atoms with Crippen molar-refractivity contribution in [2.24, 2.45) is 10.8 Å². The number of aromatic nitrogens is 3. The van der Waals surface area contributed by atoms with Crippen LogP contribution in [0.25, 0.3) is 11.0 Å². The molecule has 1 aromatic heterocycles. The zero-order valence-corrected chi connectivity index (χ0v) is 13.6. The molecule has 6 nitrogen and oxygen atoms in total. The fourth-order valence-corrected chi connectivity index (χ4v) is 2.30. The van der Waals surface area contributed by atoms with Crippen molar-refractivity contribution >= 4 is 45.7 Å². The summed E-state index contributed by atoms with van der Waals surface area (Å²) in [5.74, 6) is 0. The molecule has 0 radical (unpaired) electrons. The summed E-state index contributed by atoms with van der Waals surface area (Å²) < 4.78 is 1.77. The number of hydrogen-bond donors (Lipinski definition) is 2. The second-order valence-corrected chi connectivity index (χ2v) is 5.65. The SMILES string of the molecule is NC(=S)NN=C(Cn1nnc2ccccc21)c1ccc(Cl)cc1. The summed E-state index contributed by atoms with van der Waals surface area (Å²) in [5, 5.41) is 13.3. The van der Waals surface area contributed by atoms with Gasteiger partial charge < -0.3 is 5.73 Å². The molecule has 8 heteroatoms. The second-order valence-electron chi connectivity index (χ2n) is 4.78. The zero-order chi connectivity index (χ0) is 16.2. The van der Waals surface area contributed by atoms with Crippen LogP contribution in [-0.4, -0.2) is 25.8 Å². The molecule has 0 saturated carbocycles. The first-order valence-electron chi connectivity index (χ1n) is 6.79. The van der Waals surface area contributed by atoms with E-state index in [1.807, 2.05) is 36.4 Å². The normalized spacial score (nSPS) is 11.6. The van der Waals surface area contributed by atoms with Crippen molar-refractivity contribution in [3.63, 3.8) is 0 Å². The number of nitrogens with one attached hydrogen (secondary N) is 1. The topological polar surface area (TPSA) is 81.1 Å². The largest absolute Gasteiger partial charge is 0.375 e. The molecular weight excluding hydrogens is 332 g/mol. The summed E-state index contributed by atoms with van der Waals surface area (Å²) in [4.78, 5) is 0. The molecule has 0 aliphatic rings. The lowest BCUT2D eigenvalue weighted by molar-refractivity contribution is 0.698. The van der Waals surface area contributed by atoms with Crippen LogP contribution in [0.3, 0.4) is 0 Å². The van der Waals surface area contributed by atoms with Crippen molar-refractivity contribution in [1.29, 1.82) is 0 Å². The zero-order valence-electron chi connectivity index (χ0n) is 12.0. The molecule has 0 amide bonds. The number of nitrogens with zero attached hydrogens (tertiary/aromatic N) is 4. The van der Waals surface area contributed by atoms with Crippen LogP contribution < -0.4 is 11.2 Å². The number of halogens is 1. The van der Waals surface area contributed by atoms with Gasteiger partial charge in [-0.05, 0) is 42.0 Å². The van der Waals surface area contributed by atoms with E-state index < -0.39 is 0 Å². The predicted octanol–water partition coefficient (Wildman–Crippen LogP) is 2.32. The van der Waals surface area contributed by atoms with E-state index in [0.717, 1.165) is 16.6 Å². The van der Waals surface area contributed by atoms with Gasteiger partial charge in [0.2, 0.25) is 0 Å². The van der Waals surface area contributed by atoms with E-state index in [9.17, 15) is 0 Å². The van der Waals surface area contributed by atoms with Crippen LogP contribution >= 0.6 is 23.8 Å². The van der Waals surface area contributed by atoms with Gasteiger partial charge in [-0.25, -0.2) is 4.68 Å². The maximum absolute atomic E-state index is 5.94. The fraction of sp³-hybridized carbons (Fsp3) is 0.0667. The Kier molecular flexibility index (Phi) is 4.50. The van der Waals surface area contributed by atoms with E-state index in [-0.39, 0.29) is 5.11 Å². The first kappa shape index (κ1) is 15.4. The molecule has 0 aliphatic carbocycles. The smallest absolute Gasteiger partial charge is 0.184 e. The number of benzene rings is 2. The van der Waals surface area contributed by atoms with Crippen molar-refractivity contribution in [1.82, 2.24) is 20.4 Å². The minimum Gasteiger partial charge on any atom is -0.375 e. The molecule has 0 bridgehead atoms. The molecule has 0 atom stereocenters. The average molecular weight is 345 g/mol. The van der Waals surface area contributed by atoms with Gasteiger partial charge in [-0.3, -0.25) is 5.43 Å². The van der Waals surface area contributed by atoms with E-state index >= 15 is 0 Å². The molecule has 116 valence electrons. The van der Waals surface area contributed by atoms with Crippen LogP contribution in [0.15, 0.2) is 53.6 Å². The Bertz CT molecular complexity index is 871. The van der Waals surface area contributed by atoms with Gasteiger partial charge in [-0.2, -0.15) is 5.10 Å². The van der Waals surface area contributed by atoms with Crippen molar-refractivity contribution in [2.75, 3.05) is 0 Å². The van der Waals surface area contributed by atoms with Gasteiger partial charge in [0.25, 0.3) is 0 Å². The summed E-state index contributed by atoms with van der Waals surface area (Å²) >= 11 is 10.8. The maximum atomic E-state index is 5.94. The quantitative estimate of drug-likeness (QED) is 0.431. The van der Waals surface area contributed by atoms with Gasteiger partial charge in [0.15, 0.2) is 5.11 Å². The Hall–Kier alpha value is -2.51. The summed E-state index contributed by atoms with van der Waals surface area (Å²) in [7, 11) is 0. The molecule has 0 fully saturated rings. The first-order chi connectivity index (χ1) is 11.1. The highest BCUT2D eigenvalue weighted by molar-refractivity contribution is 7.80. The highest BCUT2D eigenvalue weighted by atomic mass is 35.5. The molecule has 3 N–H and O–H groups in total. The number of hydrazone groups is 1. The molecule has 0 unspecified atom stereocenters. The van der Waals surface area contributed by atoms with Gasteiger partial charge >= 0.3 is 0 Å². The molecular formula is C15H13ClN6S.